The predicted molar refractivity (Wildman–Crippen MR) is 151 cm³/mol. The van der Waals surface area contributed by atoms with Gasteiger partial charge in [-0.15, -0.1) is 0 Å². The maximum Gasteiger partial charge on any atom is 0.266 e. The molecule has 10 heteroatoms. The number of nitrogens with one attached hydrogen (secondary N) is 1. The van der Waals surface area contributed by atoms with Crippen molar-refractivity contribution >= 4 is 63.5 Å². The van der Waals surface area contributed by atoms with Crippen molar-refractivity contribution < 1.29 is 23.8 Å². The first-order chi connectivity index (χ1) is 17.9. The molecule has 1 N–H and O–H groups in total. The van der Waals surface area contributed by atoms with Gasteiger partial charge in [-0.2, -0.15) is 0 Å². The first-order valence-corrected chi connectivity index (χ1v) is 13.8. The molecule has 0 aliphatic carbocycles. The zero-order chi connectivity index (χ0) is 26.4. The molecule has 37 heavy (non-hydrogen) atoms. The lowest BCUT2D eigenvalue weighted by molar-refractivity contribution is -0.123. The van der Waals surface area contributed by atoms with Crippen LogP contribution in [0.3, 0.4) is 0 Å². The van der Waals surface area contributed by atoms with Crippen LogP contribution in [0.15, 0.2) is 41.3 Å². The summed E-state index contributed by atoms with van der Waals surface area (Å²) in [6, 6.07) is 11.1. The number of rotatable bonds is 10. The molecular formula is C27H29ClN2O5S2. The van der Waals surface area contributed by atoms with E-state index in [0.29, 0.717) is 39.4 Å². The lowest BCUT2D eigenvalue weighted by Crippen LogP contribution is -2.35. The van der Waals surface area contributed by atoms with Gasteiger partial charge in [0.05, 0.1) is 29.2 Å². The summed E-state index contributed by atoms with van der Waals surface area (Å²) >= 11 is 13.2. The molecule has 2 amide bonds. The molecule has 0 spiro atoms. The fourth-order valence-corrected chi connectivity index (χ4v) is 5.58. The lowest BCUT2D eigenvalue weighted by atomic mass is 10.1. The lowest BCUT2D eigenvalue weighted by Gasteiger charge is -2.18. The van der Waals surface area contributed by atoms with E-state index in [-0.39, 0.29) is 35.3 Å². The van der Waals surface area contributed by atoms with E-state index in [1.165, 1.54) is 17.3 Å². The SMILES string of the molecule is CCOc1cc(/C=C2\SC(=S)N(C[C@@H]3CCCO3)C2=O)cc(Cl)c1OCC(=O)Nc1ccc(CC)cc1. The maximum absolute atomic E-state index is 13.0. The number of carbonyl (C=O) groups is 2. The molecule has 2 saturated heterocycles. The van der Waals surface area contributed by atoms with Crippen LogP contribution in [0.5, 0.6) is 11.5 Å². The highest BCUT2D eigenvalue weighted by Crippen LogP contribution is 2.39. The number of benzene rings is 2. The van der Waals surface area contributed by atoms with Gasteiger partial charge in [-0.05, 0) is 67.7 Å². The summed E-state index contributed by atoms with van der Waals surface area (Å²) in [6.45, 7) is 5.23. The second-order valence-electron chi connectivity index (χ2n) is 8.58. The van der Waals surface area contributed by atoms with Crippen LogP contribution < -0.4 is 14.8 Å². The molecule has 4 rings (SSSR count). The second-order valence-corrected chi connectivity index (χ2v) is 10.7. The van der Waals surface area contributed by atoms with Crippen LogP contribution in [0.25, 0.3) is 6.08 Å². The van der Waals surface area contributed by atoms with E-state index in [4.69, 9.17) is 38.0 Å². The van der Waals surface area contributed by atoms with E-state index in [1.54, 1.807) is 23.1 Å². The van der Waals surface area contributed by atoms with Crippen molar-refractivity contribution in [1.82, 2.24) is 4.90 Å². The Labute approximate surface area is 231 Å². The van der Waals surface area contributed by atoms with Crippen molar-refractivity contribution in [1.29, 1.82) is 0 Å². The topological polar surface area (TPSA) is 77.1 Å². The number of aryl methyl sites for hydroxylation is 1. The van der Waals surface area contributed by atoms with E-state index in [2.05, 4.69) is 12.2 Å². The predicted octanol–water partition coefficient (Wildman–Crippen LogP) is 5.70. The van der Waals surface area contributed by atoms with Gasteiger partial charge in [0, 0.05) is 12.3 Å². The molecule has 1 atom stereocenters. The Kier molecular flexibility index (Phi) is 9.48. The number of carbonyl (C=O) groups excluding carboxylic acids is 2. The zero-order valence-electron chi connectivity index (χ0n) is 20.8. The highest BCUT2D eigenvalue weighted by molar-refractivity contribution is 8.26. The van der Waals surface area contributed by atoms with Gasteiger partial charge in [0.15, 0.2) is 18.1 Å². The normalized spacial score (nSPS) is 18.5. The number of thioether (sulfide) groups is 1. The van der Waals surface area contributed by atoms with Gasteiger partial charge >= 0.3 is 0 Å². The molecule has 0 aromatic heterocycles. The van der Waals surface area contributed by atoms with Crippen LogP contribution in [0, 0.1) is 0 Å². The Morgan fingerprint density at radius 1 is 1.27 bits per heavy atom. The molecule has 2 aromatic rings. The van der Waals surface area contributed by atoms with Crippen molar-refractivity contribution in [2.24, 2.45) is 0 Å². The average Bonchev–Trinajstić information content (AvgIpc) is 3.48. The summed E-state index contributed by atoms with van der Waals surface area (Å²) in [5.74, 6) is 0.185. The van der Waals surface area contributed by atoms with Crippen LogP contribution in [0.4, 0.5) is 5.69 Å². The standard InChI is InChI=1S/C27H29ClN2O5S2/c1-3-17-7-9-19(10-8-17)29-24(31)16-35-25-21(28)12-18(13-22(25)33-4-2)14-23-26(32)30(27(36)37-23)15-20-6-5-11-34-20/h7-10,12-14,20H,3-6,11,15-16H2,1-2H3,(H,29,31)/b23-14-/t20-/m0/s1. The third-order valence-corrected chi connectivity index (χ3v) is 7.57. The number of nitrogens with zero attached hydrogens (tertiary/aromatic N) is 1. The molecule has 0 radical (unpaired) electrons. The summed E-state index contributed by atoms with van der Waals surface area (Å²) in [5, 5.41) is 3.08. The molecule has 2 aliphatic heterocycles. The molecule has 0 unspecified atom stereocenters. The van der Waals surface area contributed by atoms with Crippen LogP contribution in [-0.2, 0) is 20.7 Å². The van der Waals surface area contributed by atoms with Crippen molar-refractivity contribution in [3.8, 4) is 11.5 Å². The van der Waals surface area contributed by atoms with Crippen LogP contribution in [-0.4, -0.2) is 53.5 Å². The Morgan fingerprint density at radius 3 is 2.73 bits per heavy atom. The van der Waals surface area contributed by atoms with E-state index < -0.39 is 0 Å². The van der Waals surface area contributed by atoms with Crippen molar-refractivity contribution in [2.75, 3.05) is 31.7 Å². The molecule has 7 nitrogen and oxygen atoms in total. The van der Waals surface area contributed by atoms with E-state index in [9.17, 15) is 9.59 Å². The molecule has 0 bridgehead atoms. The van der Waals surface area contributed by atoms with Gasteiger partial charge in [0.2, 0.25) is 0 Å². The maximum atomic E-state index is 13.0. The Bertz CT molecular complexity index is 1200. The Morgan fingerprint density at radius 2 is 2.05 bits per heavy atom. The molecule has 0 saturated carbocycles. The first-order valence-electron chi connectivity index (χ1n) is 12.2. The number of ether oxygens (including phenoxy) is 3. The highest BCUT2D eigenvalue weighted by atomic mass is 35.5. The molecular weight excluding hydrogens is 532 g/mol. The minimum Gasteiger partial charge on any atom is -0.490 e. The number of hydrogen-bond acceptors (Lipinski definition) is 7. The van der Waals surface area contributed by atoms with Gasteiger partial charge < -0.3 is 19.5 Å². The highest BCUT2D eigenvalue weighted by Gasteiger charge is 2.34. The monoisotopic (exact) mass is 560 g/mol. The summed E-state index contributed by atoms with van der Waals surface area (Å²) in [4.78, 5) is 27.5. The van der Waals surface area contributed by atoms with Crippen molar-refractivity contribution in [3.63, 3.8) is 0 Å². The van der Waals surface area contributed by atoms with E-state index >= 15 is 0 Å². The smallest absolute Gasteiger partial charge is 0.266 e. The van der Waals surface area contributed by atoms with Gasteiger partial charge in [-0.1, -0.05) is 54.6 Å². The largest absolute Gasteiger partial charge is 0.490 e. The van der Waals surface area contributed by atoms with Gasteiger partial charge in [-0.25, -0.2) is 0 Å². The molecule has 2 aliphatic rings. The van der Waals surface area contributed by atoms with Crippen LogP contribution in [0.2, 0.25) is 5.02 Å². The first kappa shape index (κ1) is 27.4. The molecule has 196 valence electrons. The van der Waals surface area contributed by atoms with E-state index in [0.717, 1.165) is 25.9 Å². The van der Waals surface area contributed by atoms with Gasteiger partial charge in [-0.3, -0.25) is 14.5 Å². The number of hydrogen-bond donors (Lipinski definition) is 1. The molecule has 2 aromatic carbocycles. The van der Waals surface area contributed by atoms with Crippen molar-refractivity contribution in [3.05, 3.63) is 57.5 Å². The molecule has 2 fully saturated rings. The minimum absolute atomic E-state index is 0.0187. The van der Waals surface area contributed by atoms with E-state index in [1.807, 2.05) is 31.2 Å². The third-order valence-electron chi connectivity index (χ3n) is 5.91. The number of amides is 2. The fraction of sp³-hybridized carbons (Fsp3) is 0.370. The summed E-state index contributed by atoms with van der Waals surface area (Å²) < 4.78 is 17.7. The second kappa shape index (κ2) is 12.8. The molecule has 2 heterocycles. The Hall–Kier alpha value is -2.59. The quantitative estimate of drug-likeness (QED) is 0.295. The zero-order valence-corrected chi connectivity index (χ0v) is 23.1. The van der Waals surface area contributed by atoms with Crippen LogP contribution in [0.1, 0.15) is 37.8 Å². The minimum atomic E-state index is -0.318. The average molecular weight is 561 g/mol. The summed E-state index contributed by atoms with van der Waals surface area (Å²) in [5.41, 5.74) is 2.54. The fourth-order valence-electron chi connectivity index (χ4n) is 4.03. The van der Waals surface area contributed by atoms with Crippen LogP contribution >= 0.6 is 35.6 Å². The number of anilines is 1. The summed E-state index contributed by atoms with van der Waals surface area (Å²) in [7, 11) is 0. The number of thiocarbonyl (C=S) groups is 1. The van der Waals surface area contributed by atoms with Gasteiger partial charge in [0.1, 0.15) is 4.32 Å². The van der Waals surface area contributed by atoms with Gasteiger partial charge in [0.25, 0.3) is 11.8 Å². The summed E-state index contributed by atoms with van der Waals surface area (Å²) in [6.07, 6.45) is 4.60. The number of halogens is 1. The van der Waals surface area contributed by atoms with Crippen molar-refractivity contribution in [2.45, 2.75) is 39.2 Å². The third kappa shape index (κ3) is 7.04. The Balaban J connectivity index is 1.45.